The Hall–Kier alpha value is -1.18. The van der Waals surface area contributed by atoms with Gasteiger partial charge in [0.1, 0.15) is 4.21 Å². The van der Waals surface area contributed by atoms with Crippen molar-refractivity contribution in [3.05, 3.63) is 41.8 Å². The number of rotatable bonds is 4. The molecule has 0 aliphatic carbocycles. The minimum Gasteiger partial charge on any atom is -0.370 e. The zero-order valence-corrected chi connectivity index (χ0v) is 13.8. The summed E-state index contributed by atoms with van der Waals surface area (Å²) in [6.45, 7) is 2.09. The van der Waals surface area contributed by atoms with Crippen molar-refractivity contribution in [3.63, 3.8) is 0 Å². The summed E-state index contributed by atoms with van der Waals surface area (Å²) in [5.74, 6) is 2.29. The van der Waals surface area contributed by atoms with Crippen LogP contribution < -0.4 is 9.62 Å². The monoisotopic (exact) mass is 340 g/mol. The predicted octanol–water partition coefficient (Wildman–Crippen LogP) is 3.10. The van der Waals surface area contributed by atoms with Gasteiger partial charge in [0.15, 0.2) is 0 Å². The van der Waals surface area contributed by atoms with Gasteiger partial charge in [-0.15, -0.1) is 11.3 Å². The van der Waals surface area contributed by atoms with Gasteiger partial charge in [0.25, 0.3) is 10.0 Å². The average Bonchev–Trinajstić information content (AvgIpc) is 3.04. The summed E-state index contributed by atoms with van der Waals surface area (Å²) < 4.78 is 27.2. The number of hydrogen-bond acceptors (Lipinski definition) is 5. The van der Waals surface area contributed by atoms with Crippen LogP contribution in [0.25, 0.3) is 0 Å². The maximum absolute atomic E-state index is 12.1. The van der Waals surface area contributed by atoms with E-state index < -0.39 is 10.0 Å². The Morgan fingerprint density at radius 1 is 1.05 bits per heavy atom. The van der Waals surface area contributed by atoms with Gasteiger partial charge in [-0.1, -0.05) is 6.07 Å². The molecule has 2 aromatic rings. The highest BCUT2D eigenvalue weighted by Gasteiger charge is 2.15. The molecule has 0 amide bonds. The molecule has 0 unspecified atom stereocenters. The molecule has 1 fully saturated rings. The van der Waals surface area contributed by atoms with Gasteiger partial charge in [-0.2, -0.15) is 11.8 Å². The van der Waals surface area contributed by atoms with Gasteiger partial charge in [0, 0.05) is 36.0 Å². The molecule has 0 bridgehead atoms. The third-order valence-electron chi connectivity index (χ3n) is 3.26. The van der Waals surface area contributed by atoms with E-state index in [2.05, 4.69) is 9.62 Å². The quantitative estimate of drug-likeness (QED) is 0.929. The third kappa shape index (κ3) is 3.53. The lowest BCUT2D eigenvalue weighted by molar-refractivity contribution is 0.603. The zero-order valence-electron chi connectivity index (χ0n) is 11.4. The van der Waals surface area contributed by atoms with Crippen molar-refractivity contribution >= 4 is 44.5 Å². The van der Waals surface area contributed by atoms with Gasteiger partial charge >= 0.3 is 0 Å². The van der Waals surface area contributed by atoms with E-state index in [4.69, 9.17) is 0 Å². The highest BCUT2D eigenvalue weighted by atomic mass is 32.2. The summed E-state index contributed by atoms with van der Waals surface area (Å²) in [5.41, 5.74) is 1.74. The SMILES string of the molecule is O=S(=O)(Nc1ccc(N2CCSCC2)cc1)c1cccs1. The highest BCUT2D eigenvalue weighted by molar-refractivity contribution is 7.99. The second-order valence-corrected chi connectivity index (χ2v) is 8.77. The van der Waals surface area contributed by atoms with Crippen LogP contribution in [0.1, 0.15) is 0 Å². The van der Waals surface area contributed by atoms with E-state index >= 15 is 0 Å². The second-order valence-electron chi connectivity index (χ2n) is 4.68. The molecular weight excluding hydrogens is 324 g/mol. The van der Waals surface area contributed by atoms with Crippen molar-refractivity contribution in [2.24, 2.45) is 0 Å². The van der Waals surface area contributed by atoms with E-state index in [9.17, 15) is 8.42 Å². The summed E-state index contributed by atoms with van der Waals surface area (Å²) in [6, 6.07) is 10.9. The molecule has 1 saturated heterocycles. The molecule has 7 heteroatoms. The van der Waals surface area contributed by atoms with Gasteiger partial charge in [0.2, 0.25) is 0 Å². The first-order chi connectivity index (χ1) is 10.1. The molecule has 4 nitrogen and oxygen atoms in total. The van der Waals surface area contributed by atoms with Crippen LogP contribution in [0.4, 0.5) is 11.4 Å². The van der Waals surface area contributed by atoms with Gasteiger partial charge in [-0.25, -0.2) is 8.42 Å². The lowest BCUT2D eigenvalue weighted by Gasteiger charge is -2.28. The fraction of sp³-hybridized carbons (Fsp3) is 0.286. The Kier molecular flexibility index (Phi) is 4.42. The Morgan fingerprint density at radius 2 is 1.76 bits per heavy atom. The van der Waals surface area contributed by atoms with E-state index in [-0.39, 0.29) is 0 Å². The maximum Gasteiger partial charge on any atom is 0.271 e. The number of nitrogens with zero attached hydrogens (tertiary/aromatic N) is 1. The number of hydrogen-bond donors (Lipinski definition) is 1. The normalized spacial score (nSPS) is 15.9. The molecule has 2 heterocycles. The van der Waals surface area contributed by atoms with Crippen molar-refractivity contribution in [1.82, 2.24) is 0 Å². The van der Waals surface area contributed by atoms with Crippen LogP contribution in [0.2, 0.25) is 0 Å². The molecule has 1 N–H and O–H groups in total. The number of thiophene rings is 1. The number of nitrogens with one attached hydrogen (secondary N) is 1. The summed E-state index contributed by atoms with van der Waals surface area (Å²) >= 11 is 3.18. The molecule has 112 valence electrons. The first-order valence-electron chi connectivity index (χ1n) is 6.64. The Bertz CT molecular complexity index is 676. The van der Waals surface area contributed by atoms with Gasteiger partial charge in [-0.05, 0) is 35.7 Å². The average molecular weight is 340 g/mol. The maximum atomic E-state index is 12.1. The van der Waals surface area contributed by atoms with Crippen LogP contribution in [0.15, 0.2) is 46.0 Å². The highest BCUT2D eigenvalue weighted by Crippen LogP contribution is 2.24. The minimum absolute atomic E-state index is 0.333. The van der Waals surface area contributed by atoms with Crippen LogP contribution in [0, 0.1) is 0 Å². The van der Waals surface area contributed by atoms with Gasteiger partial charge in [-0.3, -0.25) is 4.72 Å². The second kappa shape index (κ2) is 6.29. The molecule has 0 atom stereocenters. The van der Waals surface area contributed by atoms with Gasteiger partial charge in [0.05, 0.1) is 0 Å². The van der Waals surface area contributed by atoms with Crippen LogP contribution >= 0.6 is 23.1 Å². The van der Waals surface area contributed by atoms with Crippen molar-refractivity contribution in [3.8, 4) is 0 Å². The summed E-state index contributed by atoms with van der Waals surface area (Å²) in [4.78, 5) is 2.33. The van der Waals surface area contributed by atoms with E-state index in [1.165, 1.54) is 11.3 Å². The van der Waals surface area contributed by atoms with Crippen molar-refractivity contribution in [2.45, 2.75) is 4.21 Å². The van der Waals surface area contributed by atoms with E-state index in [1.807, 2.05) is 36.0 Å². The van der Waals surface area contributed by atoms with Crippen molar-refractivity contribution < 1.29 is 8.42 Å². The Balaban J connectivity index is 1.72. The molecule has 1 aliphatic rings. The van der Waals surface area contributed by atoms with Crippen molar-refractivity contribution in [1.29, 1.82) is 0 Å². The molecule has 0 saturated carbocycles. The van der Waals surface area contributed by atoms with Crippen LogP contribution in [-0.2, 0) is 10.0 Å². The van der Waals surface area contributed by atoms with Crippen molar-refractivity contribution in [2.75, 3.05) is 34.2 Å². The van der Waals surface area contributed by atoms with E-state index in [0.717, 1.165) is 30.3 Å². The Labute approximate surface area is 133 Å². The lowest BCUT2D eigenvalue weighted by Crippen LogP contribution is -2.32. The topological polar surface area (TPSA) is 49.4 Å². The third-order valence-corrected chi connectivity index (χ3v) is 6.98. The van der Waals surface area contributed by atoms with E-state index in [1.54, 1.807) is 17.5 Å². The molecule has 0 spiro atoms. The minimum atomic E-state index is -3.46. The molecule has 3 rings (SSSR count). The Morgan fingerprint density at radius 3 is 2.38 bits per heavy atom. The number of benzene rings is 1. The fourth-order valence-electron chi connectivity index (χ4n) is 2.18. The summed E-state index contributed by atoms with van der Waals surface area (Å²) in [6.07, 6.45) is 0. The van der Waals surface area contributed by atoms with Crippen LogP contribution in [-0.4, -0.2) is 33.0 Å². The van der Waals surface area contributed by atoms with Gasteiger partial charge < -0.3 is 4.90 Å². The zero-order chi connectivity index (χ0) is 14.7. The molecule has 1 aliphatic heterocycles. The fourth-order valence-corrected chi connectivity index (χ4v) is 5.14. The smallest absolute Gasteiger partial charge is 0.271 e. The predicted molar refractivity (Wildman–Crippen MR) is 91.1 cm³/mol. The number of thioether (sulfide) groups is 1. The first kappa shape index (κ1) is 14.7. The van der Waals surface area contributed by atoms with Crippen LogP contribution in [0.3, 0.4) is 0 Å². The van der Waals surface area contributed by atoms with Crippen LogP contribution in [0.5, 0.6) is 0 Å². The lowest BCUT2D eigenvalue weighted by atomic mass is 10.2. The standard InChI is InChI=1S/C14H16N2O2S3/c17-21(18,14-2-1-9-20-14)15-12-3-5-13(6-4-12)16-7-10-19-11-8-16/h1-6,9,15H,7-8,10-11H2. The molecule has 21 heavy (non-hydrogen) atoms. The first-order valence-corrected chi connectivity index (χ1v) is 10.2. The van der Waals surface area contributed by atoms with E-state index in [0.29, 0.717) is 9.90 Å². The number of sulfonamides is 1. The molecule has 1 aromatic heterocycles. The molecule has 1 aromatic carbocycles. The molecule has 0 radical (unpaired) electrons. The number of anilines is 2. The summed E-state index contributed by atoms with van der Waals surface area (Å²) in [7, 11) is -3.46. The summed E-state index contributed by atoms with van der Waals surface area (Å²) in [5, 5.41) is 1.76. The largest absolute Gasteiger partial charge is 0.370 e. The molecular formula is C14H16N2O2S3.